The molecule has 1 aromatic heterocycles. The molecule has 1 rings (SSSR count). The summed E-state index contributed by atoms with van der Waals surface area (Å²) in [5.74, 6) is 0.175. The summed E-state index contributed by atoms with van der Waals surface area (Å²) in [6.07, 6.45) is -2.08. The van der Waals surface area contributed by atoms with Gasteiger partial charge >= 0.3 is 6.18 Å². The highest BCUT2D eigenvalue weighted by Gasteiger charge is 2.32. The van der Waals surface area contributed by atoms with Gasteiger partial charge in [0.15, 0.2) is 0 Å². The van der Waals surface area contributed by atoms with Crippen LogP contribution in [-0.4, -0.2) is 17.6 Å². The summed E-state index contributed by atoms with van der Waals surface area (Å²) in [7, 11) is 0. The molecule has 2 nitrogen and oxygen atoms in total. The predicted octanol–water partition coefficient (Wildman–Crippen LogP) is 4.23. The highest BCUT2D eigenvalue weighted by atomic mass is 19.4. The fourth-order valence-electron chi connectivity index (χ4n) is 2.48. The monoisotopic (exact) mass is 288 g/mol. The summed E-state index contributed by atoms with van der Waals surface area (Å²) in [5, 5.41) is 3.35. The Morgan fingerprint density at radius 2 is 1.90 bits per heavy atom. The van der Waals surface area contributed by atoms with E-state index in [-0.39, 0.29) is 17.9 Å². The molecule has 0 bridgehead atoms. The van der Waals surface area contributed by atoms with Crippen molar-refractivity contribution in [2.45, 2.75) is 52.3 Å². The summed E-state index contributed by atoms with van der Waals surface area (Å²) >= 11 is 0. The Labute approximate surface area is 118 Å². The van der Waals surface area contributed by atoms with Crippen molar-refractivity contribution >= 4 is 0 Å². The van der Waals surface area contributed by atoms with E-state index in [0.717, 1.165) is 19.0 Å². The van der Waals surface area contributed by atoms with Crippen molar-refractivity contribution in [2.75, 3.05) is 6.54 Å². The fourth-order valence-corrected chi connectivity index (χ4v) is 2.48. The number of nitrogens with one attached hydrogen (secondary N) is 1. The molecule has 20 heavy (non-hydrogen) atoms. The van der Waals surface area contributed by atoms with Crippen LogP contribution in [0.3, 0.4) is 0 Å². The molecule has 1 heterocycles. The van der Waals surface area contributed by atoms with Crippen LogP contribution < -0.4 is 5.32 Å². The zero-order valence-electron chi connectivity index (χ0n) is 12.5. The smallest absolute Gasteiger partial charge is 0.314 e. The van der Waals surface area contributed by atoms with Crippen LogP contribution in [0.5, 0.6) is 0 Å². The van der Waals surface area contributed by atoms with E-state index in [4.69, 9.17) is 0 Å². The van der Waals surface area contributed by atoms with E-state index >= 15 is 0 Å². The van der Waals surface area contributed by atoms with E-state index in [9.17, 15) is 13.2 Å². The zero-order valence-corrected chi connectivity index (χ0v) is 12.5. The molecular formula is C15H23F3N2. The van der Waals surface area contributed by atoms with E-state index in [1.165, 1.54) is 12.3 Å². The van der Waals surface area contributed by atoms with Crippen LogP contribution in [0.15, 0.2) is 18.3 Å². The van der Waals surface area contributed by atoms with Crippen molar-refractivity contribution in [1.29, 1.82) is 0 Å². The minimum atomic E-state index is -4.32. The number of aromatic nitrogens is 1. The zero-order chi connectivity index (χ0) is 15.3. The number of alkyl halides is 3. The van der Waals surface area contributed by atoms with Gasteiger partial charge in [-0.15, -0.1) is 0 Å². The molecule has 0 saturated carbocycles. The lowest BCUT2D eigenvalue weighted by atomic mass is 9.85. The van der Waals surface area contributed by atoms with Crippen LogP contribution in [0.4, 0.5) is 13.2 Å². The summed E-state index contributed by atoms with van der Waals surface area (Å²) in [4.78, 5) is 4.16. The average molecular weight is 288 g/mol. The number of hydrogen-bond acceptors (Lipinski definition) is 2. The Morgan fingerprint density at radius 3 is 2.40 bits per heavy atom. The second-order valence-electron chi connectivity index (χ2n) is 5.48. The lowest BCUT2D eigenvalue weighted by Gasteiger charge is -2.28. The molecular weight excluding hydrogens is 265 g/mol. The molecule has 0 fully saturated rings. The molecule has 0 saturated heterocycles. The van der Waals surface area contributed by atoms with Gasteiger partial charge in [-0.2, -0.15) is 13.2 Å². The third-order valence-corrected chi connectivity index (χ3v) is 3.42. The van der Waals surface area contributed by atoms with Crippen LogP contribution in [0.25, 0.3) is 0 Å². The number of nitrogens with zero attached hydrogens (tertiary/aromatic N) is 1. The summed E-state index contributed by atoms with van der Waals surface area (Å²) in [5.41, 5.74) is -0.123. The molecule has 0 aromatic carbocycles. The van der Waals surface area contributed by atoms with Crippen LogP contribution in [-0.2, 0) is 6.18 Å². The van der Waals surface area contributed by atoms with Gasteiger partial charge in [-0.1, -0.05) is 20.8 Å². The van der Waals surface area contributed by atoms with E-state index in [1.54, 1.807) is 0 Å². The first-order chi connectivity index (χ1) is 9.27. The molecule has 0 spiro atoms. The van der Waals surface area contributed by atoms with Gasteiger partial charge in [0, 0.05) is 23.9 Å². The van der Waals surface area contributed by atoms with Crippen molar-refractivity contribution < 1.29 is 13.2 Å². The van der Waals surface area contributed by atoms with Gasteiger partial charge in [0.1, 0.15) is 0 Å². The first kappa shape index (κ1) is 17.0. The highest BCUT2D eigenvalue weighted by molar-refractivity contribution is 5.23. The van der Waals surface area contributed by atoms with Crippen LogP contribution in [0, 0.1) is 5.92 Å². The summed E-state index contributed by atoms with van der Waals surface area (Å²) in [6.45, 7) is 8.94. The van der Waals surface area contributed by atoms with Crippen LogP contribution >= 0.6 is 0 Å². The Bertz CT molecular complexity index is 416. The van der Waals surface area contributed by atoms with E-state index < -0.39 is 11.7 Å². The number of halogens is 3. The molecule has 2 unspecified atom stereocenters. The van der Waals surface area contributed by atoms with Gasteiger partial charge in [-0.05, 0) is 37.9 Å². The molecule has 0 aliphatic rings. The van der Waals surface area contributed by atoms with Gasteiger partial charge in [0.2, 0.25) is 0 Å². The van der Waals surface area contributed by atoms with Crippen molar-refractivity contribution in [1.82, 2.24) is 10.3 Å². The maximum atomic E-state index is 12.8. The maximum Gasteiger partial charge on any atom is 0.416 e. The third-order valence-electron chi connectivity index (χ3n) is 3.42. The van der Waals surface area contributed by atoms with Crippen molar-refractivity contribution in [3.8, 4) is 0 Å². The molecule has 5 heteroatoms. The van der Waals surface area contributed by atoms with Crippen LogP contribution in [0.1, 0.15) is 51.3 Å². The molecule has 0 amide bonds. The molecule has 1 aromatic rings. The van der Waals surface area contributed by atoms with Gasteiger partial charge in [-0.3, -0.25) is 4.98 Å². The molecule has 0 aliphatic heterocycles. The molecule has 0 aliphatic carbocycles. The third kappa shape index (κ3) is 4.47. The fraction of sp³-hybridized carbons (Fsp3) is 0.667. The maximum absolute atomic E-state index is 12.8. The normalized spacial score (nSPS) is 15.4. The van der Waals surface area contributed by atoms with E-state index in [2.05, 4.69) is 17.2 Å². The second-order valence-corrected chi connectivity index (χ2v) is 5.48. The number of hydrogen-bond donors (Lipinski definition) is 1. The summed E-state index contributed by atoms with van der Waals surface area (Å²) < 4.78 is 38.4. The average Bonchev–Trinajstić information content (AvgIpc) is 2.35. The van der Waals surface area contributed by atoms with Crippen molar-refractivity contribution in [3.63, 3.8) is 0 Å². The number of rotatable bonds is 6. The molecule has 114 valence electrons. The van der Waals surface area contributed by atoms with E-state index in [0.29, 0.717) is 5.69 Å². The van der Waals surface area contributed by atoms with Gasteiger partial charge in [0.25, 0.3) is 0 Å². The minimum Gasteiger partial charge on any atom is -0.314 e. The molecule has 1 N–H and O–H groups in total. The van der Waals surface area contributed by atoms with Crippen molar-refractivity contribution in [3.05, 3.63) is 29.6 Å². The molecule has 0 radical (unpaired) electrons. The Kier molecular flexibility index (Phi) is 5.99. The Balaban J connectivity index is 3.03. The largest absolute Gasteiger partial charge is 0.416 e. The van der Waals surface area contributed by atoms with E-state index in [1.807, 2.05) is 20.8 Å². The lowest BCUT2D eigenvalue weighted by molar-refractivity contribution is -0.137. The predicted molar refractivity (Wildman–Crippen MR) is 74.6 cm³/mol. The molecule has 2 atom stereocenters. The standard InChI is InChI=1S/C15H23F3N2/c1-5-7-19-11(4)14(10(2)3)13-9-12(6-8-20-13)15(16,17)18/h6,8-11,14,19H,5,7H2,1-4H3. The van der Waals surface area contributed by atoms with Gasteiger partial charge in [-0.25, -0.2) is 0 Å². The lowest BCUT2D eigenvalue weighted by Crippen LogP contribution is -2.35. The second kappa shape index (κ2) is 7.07. The SMILES string of the molecule is CCCNC(C)C(c1cc(C(F)(F)F)ccn1)C(C)C. The first-order valence-electron chi connectivity index (χ1n) is 7.03. The quantitative estimate of drug-likeness (QED) is 0.847. The van der Waals surface area contributed by atoms with Crippen molar-refractivity contribution in [2.24, 2.45) is 5.92 Å². The van der Waals surface area contributed by atoms with Gasteiger partial charge in [0.05, 0.1) is 5.56 Å². The Hall–Kier alpha value is -1.10. The summed E-state index contributed by atoms with van der Waals surface area (Å²) in [6, 6.07) is 2.28. The van der Waals surface area contributed by atoms with Gasteiger partial charge < -0.3 is 5.32 Å². The Morgan fingerprint density at radius 1 is 1.25 bits per heavy atom. The minimum absolute atomic E-state index is 0.0381. The first-order valence-corrected chi connectivity index (χ1v) is 7.03. The highest BCUT2D eigenvalue weighted by Crippen LogP contribution is 2.33. The topological polar surface area (TPSA) is 24.9 Å². The number of pyridine rings is 1. The van der Waals surface area contributed by atoms with Crippen LogP contribution in [0.2, 0.25) is 0 Å².